The Kier molecular flexibility index (Phi) is 4.22. The number of nitrogens with zero attached hydrogens (tertiary/aromatic N) is 1. The van der Waals surface area contributed by atoms with Crippen LogP contribution in [-0.2, 0) is 11.2 Å². The summed E-state index contributed by atoms with van der Waals surface area (Å²) in [6.07, 6.45) is 0.0587. The van der Waals surface area contributed by atoms with Crippen LogP contribution in [0.15, 0.2) is 36.4 Å². The third-order valence-electron chi connectivity index (χ3n) is 4.45. The highest BCUT2D eigenvalue weighted by Gasteiger charge is 2.36. The van der Waals surface area contributed by atoms with E-state index >= 15 is 0 Å². The van der Waals surface area contributed by atoms with E-state index in [-0.39, 0.29) is 11.9 Å². The molecule has 1 aliphatic rings. The van der Waals surface area contributed by atoms with E-state index in [1.807, 2.05) is 26.0 Å². The number of anilines is 2. The lowest BCUT2D eigenvalue weighted by molar-refractivity contribution is -0.126. The van der Waals surface area contributed by atoms with E-state index in [1.54, 1.807) is 11.0 Å². The van der Waals surface area contributed by atoms with Crippen LogP contribution < -0.4 is 15.4 Å². The zero-order chi connectivity index (χ0) is 17.4. The Morgan fingerprint density at radius 3 is 2.62 bits per heavy atom. The van der Waals surface area contributed by atoms with E-state index in [0.29, 0.717) is 17.9 Å². The van der Waals surface area contributed by atoms with Gasteiger partial charge in [-0.1, -0.05) is 23.8 Å². The first kappa shape index (κ1) is 16.4. The minimum Gasteiger partial charge on any atom is -0.478 e. The van der Waals surface area contributed by atoms with Gasteiger partial charge in [0.2, 0.25) is 0 Å². The van der Waals surface area contributed by atoms with E-state index in [4.69, 9.17) is 10.5 Å². The van der Waals surface area contributed by atoms with Gasteiger partial charge in [-0.2, -0.15) is 0 Å². The number of carbonyl (C=O) groups is 1. The van der Waals surface area contributed by atoms with Crippen molar-refractivity contribution in [2.75, 3.05) is 10.6 Å². The fraction of sp³-hybridized carbons (Fsp3) is 0.350. The molecule has 1 amide bonds. The molecule has 0 spiro atoms. The molecule has 126 valence electrons. The molecule has 1 atom stereocenters. The molecule has 24 heavy (non-hydrogen) atoms. The van der Waals surface area contributed by atoms with Gasteiger partial charge in [-0.05, 0) is 57.0 Å². The number of fused-ring (bicyclic) bond motifs is 1. The monoisotopic (exact) mass is 324 g/mol. The van der Waals surface area contributed by atoms with Crippen LogP contribution in [0.4, 0.5) is 11.4 Å². The molecule has 2 aromatic carbocycles. The summed E-state index contributed by atoms with van der Waals surface area (Å²) in [5.41, 5.74) is 10.8. The van der Waals surface area contributed by atoms with Crippen LogP contribution in [0.2, 0.25) is 0 Å². The molecule has 0 saturated heterocycles. The van der Waals surface area contributed by atoms with Gasteiger partial charge in [0.25, 0.3) is 5.91 Å². The lowest BCUT2D eigenvalue weighted by atomic mass is 9.98. The molecule has 3 rings (SSSR count). The first-order valence-electron chi connectivity index (χ1n) is 8.32. The number of amides is 1. The number of nitrogen functional groups attached to an aromatic ring is 1. The first-order chi connectivity index (χ1) is 11.4. The molecule has 4 heteroatoms. The molecule has 2 N–H and O–H groups in total. The van der Waals surface area contributed by atoms with Crippen LogP contribution in [-0.4, -0.2) is 18.1 Å². The molecule has 0 fully saturated rings. The lowest BCUT2D eigenvalue weighted by Crippen LogP contribution is -2.50. The number of carbonyl (C=O) groups excluding carboxylic acids is 1. The summed E-state index contributed by atoms with van der Waals surface area (Å²) >= 11 is 0. The maximum Gasteiger partial charge on any atom is 0.268 e. The smallest absolute Gasteiger partial charge is 0.268 e. The molecular weight excluding hydrogens is 300 g/mol. The van der Waals surface area contributed by atoms with E-state index in [9.17, 15) is 4.79 Å². The zero-order valence-electron chi connectivity index (χ0n) is 14.7. The second-order valence-electron chi connectivity index (χ2n) is 6.77. The number of benzene rings is 2. The number of ether oxygens (including phenoxy) is 1. The van der Waals surface area contributed by atoms with E-state index in [0.717, 1.165) is 11.3 Å². The molecule has 1 unspecified atom stereocenters. The molecule has 0 aliphatic carbocycles. The van der Waals surface area contributed by atoms with Crippen LogP contribution in [0.3, 0.4) is 0 Å². The Morgan fingerprint density at radius 2 is 1.92 bits per heavy atom. The van der Waals surface area contributed by atoms with Gasteiger partial charge >= 0.3 is 0 Å². The number of nitrogens with two attached hydrogens (primary N) is 1. The van der Waals surface area contributed by atoms with Crippen molar-refractivity contribution in [2.24, 2.45) is 0 Å². The van der Waals surface area contributed by atoms with E-state index in [2.05, 4.69) is 32.0 Å². The third kappa shape index (κ3) is 2.96. The van der Waals surface area contributed by atoms with Crippen LogP contribution in [0, 0.1) is 13.8 Å². The van der Waals surface area contributed by atoms with Crippen molar-refractivity contribution in [2.45, 2.75) is 46.3 Å². The van der Waals surface area contributed by atoms with Crippen LogP contribution in [0.25, 0.3) is 0 Å². The van der Waals surface area contributed by atoms with Gasteiger partial charge < -0.3 is 15.4 Å². The summed E-state index contributed by atoms with van der Waals surface area (Å²) in [7, 11) is 0. The number of rotatable bonds is 3. The van der Waals surface area contributed by atoms with Crippen LogP contribution in [0.1, 0.15) is 30.5 Å². The summed E-state index contributed by atoms with van der Waals surface area (Å²) in [5, 5.41) is 0. The second-order valence-corrected chi connectivity index (χ2v) is 6.77. The number of hydrogen-bond acceptors (Lipinski definition) is 3. The Labute approximate surface area is 143 Å². The highest BCUT2D eigenvalue weighted by atomic mass is 16.5. The Morgan fingerprint density at radius 1 is 1.17 bits per heavy atom. The molecule has 4 nitrogen and oxygen atoms in total. The Bertz CT molecular complexity index is 783. The first-order valence-corrected chi connectivity index (χ1v) is 8.32. The standard InChI is InChI=1S/C20H24N2O2/c1-12(2)22-17-11-16(21)7-8-18(17)24-19(20(22)23)10-15-9-13(3)5-6-14(15)4/h5-9,11-12,19H,10,21H2,1-4H3. The summed E-state index contributed by atoms with van der Waals surface area (Å²) in [6.45, 7) is 8.14. The Balaban J connectivity index is 1.97. The highest BCUT2D eigenvalue weighted by Crippen LogP contribution is 2.37. The minimum atomic E-state index is -0.510. The van der Waals surface area contributed by atoms with Crippen LogP contribution in [0.5, 0.6) is 5.75 Å². The van der Waals surface area contributed by atoms with Gasteiger partial charge in [0.15, 0.2) is 6.10 Å². The van der Waals surface area contributed by atoms with Crippen molar-refractivity contribution in [1.82, 2.24) is 0 Å². The molecule has 0 radical (unpaired) electrons. The minimum absolute atomic E-state index is 0.0102. The molecule has 0 bridgehead atoms. The fourth-order valence-electron chi connectivity index (χ4n) is 3.18. The highest BCUT2D eigenvalue weighted by molar-refractivity contribution is 6.01. The van der Waals surface area contributed by atoms with Crippen LogP contribution >= 0.6 is 0 Å². The number of aryl methyl sites for hydroxylation is 2. The molecule has 1 aliphatic heterocycles. The van der Waals surface area contributed by atoms with Gasteiger partial charge in [-0.3, -0.25) is 4.79 Å². The van der Waals surface area contributed by atoms with Crippen molar-refractivity contribution in [3.8, 4) is 5.75 Å². The van der Waals surface area contributed by atoms with Crippen molar-refractivity contribution in [3.05, 3.63) is 53.1 Å². The third-order valence-corrected chi connectivity index (χ3v) is 4.45. The zero-order valence-corrected chi connectivity index (χ0v) is 14.7. The summed E-state index contributed by atoms with van der Waals surface area (Å²) < 4.78 is 6.03. The molecule has 0 saturated carbocycles. The maximum absolute atomic E-state index is 13.0. The average molecular weight is 324 g/mol. The summed E-state index contributed by atoms with van der Waals surface area (Å²) in [4.78, 5) is 14.8. The largest absolute Gasteiger partial charge is 0.478 e. The predicted octanol–water partition coefficient (Wildman–Crippen LogP) is 3.63. The van der Waals surface area contributed by atoms with E-state index in [1.165, 1.54) is 11.1 Å². The van der Waals surface area contributed by atoms with Gasteiger partial charge in [-0.25, -0.2) is 0 Å². The lowest BCUT2D eigenvalue weighted by Gasteiger charge is -2.37. The molecule has 0 aromatic heterocycles. The molecule has 2 aromatic rings. The number of hydrogen-bond donors (Lipinski definition) is 1. The van der Waals surface area contributed by atoms with Crippen molar-refractivity contribution in [1.29, 1.82) is 0 Å². The maximum atomic E-state index is 13.0. The normalized spacial score (nSPS) is 17.0. The van der Waals surface area contributed by atoms with Crippen molar-refractivity contribution < 1.29 is 9.53 Å². The summed E-state index contributed by atoms with van der Waals surface area (Å²) in [5.74, 6) is 0.705. The summed E-state index contributed by atoms with van der Waals surface area (Å²) in [6, 6.07) is 11.8. The molecule has 1 heterocycles. The second kappa shape index (κ2) is 6.19. The van der Waals surface area contributed by atoms with Crippen molar-refractivity contribution >= 4 is 17.3 Å². The molecular formula is C20H24N2O2. The fourth-order valence-corrected chi connectivity index (χ4v) is 3.18. The quantitative estimate of drug-likeness (QED) is 0.877. The van der Waals surface area contributed by atoms with E-state index < -0.39 is 6.10 Å². The van der Waals surface area contributed by atoms with Gasteiger partial charge in [0, 0.05) is 18.2 Å². The SMILES string of the molecule is Cc1ccc(C)c(CC2Oc3ccc(N)cc3N(C(C)C)C2=O)c1. The van der Waals surface area contributed by atoms with Gasteiger partial charge in [-0.15, -0.1) is 0 Å². The average Bonchev–Trinajstić information content (AvgIpc) is 2.51. The van der Waals surface area contributed by atoms with Crippen molar-refractivity contribution in [3.63, 3.8) is 0 Å². The Hall–Kier alpha value is -2.49. The predicted molar refractivity (Wildman–Crippen MR) is 97.5 cm³/mol. The van der Waals surface area contributed by atoms with Gasteiger partial charge in [0.05, 0.1) is 5.69 Å². The van der Waals surface area contributed by atoms with Gasteiger partial charge in [0.1, 0.15) is 5.75 Å². The topological polar surface area (TPSA) is 55.6 Å².